The molecule has 0 radical (unpaired) electrons. The van der Waals surface area contributed by atoms with Crippen LogP contribution in [-0.2, 0) is 6.42 Å². The average Bonchev–Trinajstić information content (AvgIpc) is 2.69. The summed E-state index contributed by atoms with van der Waals surface area (Å²) in [5.41, 5.74) is 4.33. The van der Waals surface area contributed by atoms with Gasteiger partial charge in [0.05, 0.1) is 5.56 Å². The van der Waals surface area contributed by atoms with Gasteiger partial charge in [-0.1, -0.05) is 88.8 Å². The van der Waals surface area contributed by atoms with E-state index in [0.29, 0.717) is 11.5 Å². The third-order valence-electron chi connectivity index (χ3n) is 5.36. The Kier molecular flexibility index (Phi) is 9.10. The molecule has 0 aromatic heterocycles. The van der Waals surface area contributed by atoms with Gasteiger partial charge in [0.1, 0.15) is 0 Å². The smallest absolute Gasteiger partial charge is 0.335 e. The van der Waals surface area contributed by atoms with E-state index in [-0.39, 0.29) is 0 Å². The molecule has 0 amide bonds. The molecular formula is C25H34O2. The summed E-state index contributed by atoms with van der Waals surface area (Å²) in [4.78, 5) is 11.1. The topological polar surface area (TPSA) is 37.3 Å². The van der Waals surface area contributed by atoms with Crippen LogP contribution in [0.25, 0.3) is 0 Å². The van der Waals surface area contributed by atoms with Gasteiger partial charge in [-0.05, 0) is 48.1 Å². The van der Waals surface area contributed by atoms with Crippen molar-refractivity contribution in [1.82, 2.24) is 0 Å². The van der Waals surface area contributed by atoms with E-state index < -0.39 is 5.97 Å². The predicted molar refractivity (Wildman–Crippen MR) is 114 cm³/mol. The molecule has 0 saturated carbocycles. The summed E-state index contributed by atoms with van der Waals surface area (Å²) < 4.78 is 0. The molecule has 0 spiro atoms. The minimum atomic E-state index is -0.863. The Morgan fingerprint density at radius 3 is 1.89 bits per heavy atom. The molecule has 1 N–H and O–H groups in total. The average molecular weight is 367 g/mol. The Morgan fingerprint density at radius 1 is 0.778 bits per heavy atom. The molecule has 0 fully saturated rings. The first-order chi connectivity index (χ1) is 13.2. The monoisotopic (exact) mass is 366 g/mol. The number of aryl methyl sites for hydroxylation is 1. The lowest BCUT2D eigenvalue weighted by atomic mass is 9.86. The van der Waals surface area contributed by atoms with E-state index in [9.17, 15) is 4.79 Å². The summed E-state index contributed by atoms with van der Waals surface area (Å²) in [7, 11) is 0. The van der Waals surface area contributed by atoms with Crippen LogP contribution >= 0.6 is 0 Å². The zero-order valence-electron chi connectivity index (χ0n) is 16.9. The lowest BCUT2D eigenvalue weighted by Gasteiger charge is -2.19. The van der Waals surface area contributed by atoms with E-state index in [1.54, 1.807) is 12.1 Å². The molecule has 0 aliphatic carbocycles. The van der Waals surface area contributed by atoms with Crippen molar-refractivity contribution in [3.05, 3.63) is 70.8 Å². The van der Waals surface area contributed by atoms with E-state index in [1.165, 1.54) is 61.6 Å². The zero-order valence-corrected chi connectivity index (χ0v) is 16.9. The quantitative estimate of drug-likeness (QED) is 0.403. The first-order valence-corrected chi connectivity index (χ1v) is 10.6. The summed E-state index contributed by atoms with van der Waals surface area (Å²) in [6.07, 6.45) is 11.1. The van der Waals surface area contributed by atoms with Crippen molar-refractivity contribution in [2.45, 2.75) is 77.6 Å². The van der Waals surface area contributed by atoms with Crippen LogP contribution < -0.4 is 0 Å². The Morgan fingerprint density at radius 2 is 1.33 bits per heavy atom. The van der Waals surface area contributed by atoms with Crippen molar-refractivity contribution in [2.24, 2.45) is 0 Å². The third kappa shape index (κ3) is 6.86. The molecular weight excluding hydrogens is 332 g/mol. The highest BCUT2D eigenvalue weighted by Crippen LogP contribution is 2.31. The normalized spacial score (nSPS) is 12.1. The fourth-order valence-corrected chi connectivity index (χ4v) is 3.65. The van der Waals surface area contributed by atoms with Gasteiger partial charge in [-0.15, -0.1) is 0 Å². The van der Waals surface area contributed by atoms with Gasteiger partial charge in [-0.2, -0.15) is 0 Å². The first-order valence-electron chi connectivity index (χ1n) is 10.6. The van der Waals surface area contributed by atoms with Crippen molar-refractivity contribution in [3.8, 4) is 0 Å². The highest BCUT2D eigenvalue weighted by atomic mass is 16.4. The van der Waals surface area contributed by atoms with E-state index in [4.69, 9.17) is 5.11 Å². The van der Waals surface area contributed by atoms with Crippen LogP contribution in [0.5, 0.6) is 0 Å². The Labute approximate surface area is 164 Å². The fourth-order valence-electron chi connectivity index (χ4n) is 3.65. The van der Waals surface area contributed by atoms with Gasteiger partial charge in [-0.25, -0.2) is 4.79 Å². The second-order valence-corrected chi connectivity index (χ2v) is 7.53. The molecule has 0 saturated heterocycles. The Balaban J connectivity index is 2.14. The van der Waals surface area contributed by atoms with Crippen molar-refractivity contribution >= 4 is 5.97 Å². The molecule has 2 aromatic rings. The van der Waals surface area contributed by atoms with Crippen molar-refractivity contribution in [1.29, 1.82) is 0 Å². The number of carboxylic acids is 1. The maximum Gasteiger partial charge on any atom is 0.335 e. The molecule has 1 unspecified atom stereocenters. The summed E-state index contributed by atoms with van der Waals surface area (Å²) >= 11 is 0. The van der Waals surface area contributed by atoms with Crippen LogP contribution in [0.15, 0.2) is 48.5 Å². The van der Waals surface area contributed by atoms with Crippen LogP contribution in [0, 0.1) is 0 Å². The van der Waals surface area contributed by atoms with Crippen LogP contribution in [0.1, 0.15) is 98.2 Å². The summed E-state index contributed by atoms with van der Waals surface area (Å²) in [6, 6.07) is 16.5. The van der Waals surface area contributed by atoms with Crippen molar-refractivity contribution in [2.75, 3.05) is 0 Å². The number of hydrogen-bond acceptors (Lipinski definition) is 1. The molecule has 0 heterocycles. The van der Waals surface area contributed by atoms with Crippen LogP contribution in [0.3, 0.4) is 0 Å². The van der Waals surface area contributed by atoms with E-state index >= 15 is 0 Å². The van der Waals surface area contributed by atoms with Gasteiger partial charge in [0.15, 0.2) is 0 Å². The van der Waals surface area contributed by atoms with E-state index in [0.717, 1.165) is 12.8 Å². The Bertz CT molecular complexity index is 670. The number of carboxylic acid groups (broad SMARTS) is 1. The number of hydrogen-bond donors (Lipinski definition) is 1. The van der Waals surface area contributed by atoms with Gasteiger partial charge in [0.25, 0.3) is 0 Å². The number of aromatic carboxylic acids is 1. The third-order valence-corrected chi connectivity index (χ3v) is 5.36. The van der Waals surface area contributed by atoms with Gasteiger partial charge in [0, 0.05) is 5.92 Å². The summed E-state index contributed by atoms with van der Waals surface area (Å²) in [5, 5.41) is 9.15. The Hall–Kier alpha value is -2.09. The molecule has 0 bridgehead atoms. The largest absolute Gasteiger partial charge is 0.478 e. The minimum Gasteiger partial charge on any atom is -0.478 e. The molecule has 2 rings (SSSR count). The molecule has 0 aliphatic rings. The lowest BCUT2D eigenvalue weighted by Crippen LogP contribution is -2.03. The fraction of sp³-hybridized carbons (Fsp3) is 0.480. The molecule has 2 nitrogen and oxygen atoms in total. The molecule has 2 aromatic carbocycles. The van der Waals surface area contributed by atoms with Crippen LogP contribution in [-0.4, -0.2) is 11.1 Å². The number of rotatable bonds is 12. The maximum atomic E-state index is 11.1. The summed E-state index contributed by atoms with van der Waals surface area (Å²) in [6.45, 7) is 4.47. The first kappa shape index (κ1) is 21.2. The lowest BCUT2D eigenvalue weighted by molar-refractivity contribution is 0.0697. The van der Waals surface area contributed by atoms with E-state index in [1.807, 2.05) is 12.1 Å². The maximum absolute atomic E-state index is 11.1. The van der Waals surface area contributed by atoms with Crippen LogP contribution in [0.4, 0.5) is 0 Å². The molecule has 0 aliphatic heterocycles. The number of unbranched alkanes of at least 4 members (excludes halogenated alkanes) is 5. The minimum absolute atomic E-state index is 0.342. The van der Waals surface area contributed by atoms with Crippen molar-refractivity contribution in [3.63, 3.8) is 0 Å². The van der Waals surface area contributed by atoms with Gasteiger partial charge < -0.3 is 5.11 Å². The standard InChI is InChI=1S/C25H34O2/c1-3-5-7-9-11-24(22-16-18-23(19-17-22)25(26)27)21-14-12-20(13-15-21)10-8-6-4-2/h12-19,24H,3-11H2,1-2H3,(H,26,27). The number of carbonyl (C=O) groups is 1. The molecule has 146 valence electrons. The summed E-state index contributed by atoms with van der Waals surface area (Å²) in [5.74, 6) is -0.521. The SMILES string of the molecule is CCCCCCC(c1ccc(CCCCC)cc1)c1ccc(C(=O)O)cc1. The highest BCUT2D eigenvalue weighted by Gasteiger charge is 2.15. The second kappa shape index (κ2) is 11.6. The highest BCUT2D eigenvalue weighted by molar-refractivity contribution is 5.87. The van der Waals surface area contributed by atoms with Gasteiger partial charge in [-0.3, -0.25) is 0 Å². The van der Waals surface area contributed by atoms with Gasteiger partial charge in [0.2, 0.25) is 0 Å². The molecule has 27 heavy (non-hydrogen) atoms. The number of benzene rings is 2. The van der Waals surface area contributed by atoms with Crippen molar-refractivity contribution < 1.29 is 9.90 Å². The zero-order chi connectivity index (χ0) is 19.5. The van der Waals surface area contributed by atoms with Gasteiger partial charge >= 0.3 is 5.97 Å². The predicted octanol–water partition coefficient (Wildman–Crippen LogP) is 7.22. The molecule has 1 atom stereocenters. The molecule has 2 heteroatoms. The van der Waals surface area contributed by atoms with Crippen LogP contribution in [0.2, 0.25) is 0 Å². The van der Waals surface area contributed by atoms with E-state index in [2.05, 4.69) is 38.1 Å². The second-order valence-electron chi connectivity index (χ2n) is 7.53.